The van der Waals surface area contributed by atoms with Gasteiger partial charge in [-0.15, -0.1) is 6.58 Å². The van der Waals surface area contributed by atoms with Gasteiger partial charge in [0.2, 0.25) is 0 Å². The molecule has 0 aliphatic heterocycles. The summed E-state index contributed by atoms with van der Waals surface area (Å²) in [4.78, 5) is 0. The lowest BCUT2D eigenvalue weighted by Crippen LogP contribution is -2.01. The van der Waals surface area contributed by atoms with Crippen molar-refractivity contribution in [1.82, 2.24) is 0 Å². The predicted molar refractivity (Wildman–Crippen MR) is 30.8 cm³/mol. The zero-order valence-electron chi connectivity index (χ0n) is 4.43. The van der Waals surface area contributed by atoms with Gasteiger partial charge in [-0.25, -0.2) is 0 Å². The van der Waals surface area contributed by atoms with E-state index < -0.39 is 0 Å². The highest BCUT2D eigenvalue weighted by Gasteiger charge is 2.32. The highest BCUT2D eigenvalue weighted by atomic mass is 14.6. The standard InChI is InChI=1S/C6H11N/c1-2-5-3-6(5)4-7/h2,5-6H,1,3-4,7H2. The van der Waals surface area contributed by atoms with Crippen LogP contribution in [0.25, 0.3) is 0 Å². The normalized spacial score (nSPS) is 37.9. The fourth-order valence-corrected chi connectivity index (χ4v) is 0.831. The van der Waals surface area contributed by atoms with Gasteiger partial charge in [-0.1, -0.05) is 6.08 Å². The molecule has 2 unspecified atom stereocenters. The quantitative estimate of drug-likeness (QED) is 0.506. The van der Waals surface area contributed by atoms with Gasteiger partial charge in [0.1, 0.15) is 0 Å². The summed E-state index contributed by atoms with van der Waals surface area (Å²) in [5.74, 6) is 1.53. The molecule has 0 spiro atoms. The first-order valence-electron chi connectivity index (χ1n) is 2.71. The minimum absolute atomic E-state index is 0.755. The van der Waals surface area contributed by atoms with Crippen molar-refractivity contribution in [3.05, 3.63) is 12.7 Å². The first kappa shape index (κ1) is 4.85. The van der Waals surface area contributed by atoms with E-state index in [1.165, 1.54) is 6.42 Å². The summed E-state index contributed by atoms with van der Waals surface area (Å²) in [5.41, 5.74) is 5.35. The zero-order chi connectivity index (χ0) is 5.28. The molecule has 1 nitrogen and oxygen atoms in total. The van der Waals surface area contributed by atoms with Crippen molar-refractivity contribution in [2.45, 2.75) is 6.42 Å². The minimum atomic E-state index is 0.755. The van der Waals surface area contributed by atoms with Gasteiger partial charge in [-0.2, -0.15) is 0 Å². The Morgan fingerprint density at radius 1 is 1.86 bits per heavy atom. The van der Waals surface area contributed by atoms with Crippen molar-refractivity contribution in [3.63, 3.8) is 0 Å². The van der Waals surface area contributed by atoms with Crippen LogP contribution in [0, 0.1) is 11.8 Å². The average Bonchev–Trinajstić information content (AvgIpc) is 2.43. The molecule has 2 atom stereocenters. The van der Waals surface area contributed by atoms with Crippen LogP contribution >= 0.6 is 0 Å². The molecule has 1 aliphatic carbocycles. The molecule has 0 heterocycles. The lowest BCUT2D eigenvalue weighted by Gasteiger charge is -1.82. The van der Waals surface area contributed by atoms with Gasteiger partial charge in [-0.3, -0.25) is 0 Å². The summed E-state index contributed by atoms with van der Waals surface area (Å²) in [6, 6.07) is 0. The lowest BCUT2D eigenvalue weighted by molar-refractivity contribution is 0.799. The Balaban J connectivity index is 2.17. The number of rotatable bonds is 2. The van der Waals surface area contributed by atoms with Crippen LogP contribution in [0.5, 0.6) is 0 Å². The van der Waals surface area contributed by atoms with E-state index in [2.05, 4.69) is 6.58 Å². The molecule has 0 aromatic heterocycles. The summed E-state index contributed by atoms with van der Waals surface area (Å²) in [6.07, 6.45) is 3.28. The Morgan fingerprint density at radius 3 is 2.71 bits per heavy atom. The first-order chi connectivity index (χ1) is 3.38. The Labute approximate surface area is 44.2 Å². The Hall–Kier alpha value is -0.300. The van der Waals surface area contributed by atoms with Crippen molar-refractivity contribution < 1.29 is 0 Å². The summed E-state index contributed by atoms with van der Waals surface area (Å²) in [6.45, 7) is 4.51. The lowest BCUT2D eigenvalue weighted by atomic mass is 10.3. The summed E-state index contributed by atoms with van der Waals surface area (Å²) >= 11 is 0. The predicted octanol–water partition coefficient (Wildman–Crippen LogP) is 0.767. The summed E-state index contributed by atoms with van der Waals surface area (Å²) in [5, 5.41) is 0. The van der Waals surface area contributed by atoms with E-state index in [1.807, 2.05) is 6.08 Å². The van der Waals surface area contributed by atoms with E-state index in [1.54, 1.807) is 0 Å². The van der Waals surface area contributed by atoms with Crippen molar-refractivity contribution in [2.24, 2.45) is 17.6 Å². The van der Waals surface area contributed by atoms with Crippen LogP contribution in [0.2, 0.25) is 0 Å². The van der Waals surface area contributed by atoms with Gasteiger partial charge < -0.3 is 5.73 Å². The van der Waals surface area contributed by atoms with Crippen LogP contribution in [0.3, 0.4) is 0 Å². The highest BCUT2D eigenvalue weighted by Crippen LogP contribution is 2.37. The van der Waals surface area contributed by atoms with Gasteiger partial charge >= 0.3 is 0 Å². The van der Waals surface area contributed by atoms with Crippen LogP contribution in [-0.4, -0.2) is 6.54 Å². The number of hydrogen-bond donors (Lipinski definition) is 1. The maximum atomic E-state index is 5.35. The second-order valence-electron chi connectivity index (χ2n) is 2.13. The van der Waals surface area contributed by atoms with Gasteiger partial charge in [0, 0.05) is 0 Å². The van der Waals surface area contributed by atoms with Crippen molar-refractivity contribution in [1.29, 1.82) is 0 Å². The van der Waals surface area contributed by atoms with E-state index in [4.69, 9.17) is 5.73 Å². The third-order valence-electron chi connectivity index (χ3n) is 1.58. The molecule has 1 heteroatoms. The van der Waals surface area contributed by atoms with Crippen molar-refractivity contribution in [3.8, 4) is 0 Å². The van der Waals surface area contributed by atoms with Crippen LogP contribution in [0.15, 0.2) is 12.7 Å². The van der Waals surface area contributed by atoms with Gasteiger partial charge in [0.25, 0.3) is 0 Å². The van der Waals surface area contributed by atoms with Crippen molar-refractivity contribution >= 4 is 0 Å². The number of hydrogen-bond acceptors (Lipinski definition) is 1. The zero-order valence-corrected chi connectivity index (χ0v) is 4.43. The molecule has 1 fully saturated rings. The fourth-order valence-electron chi connectivity index (χ4n) is 0.831. The maximum Gasteiger partial charge on any atom is -0.00430 e. The molecule has 2 N–H and O–H groups in total. The fraction of sp³-hybridized carbons (Fsp3) is 0.667. The average molecular weight is 97.2 g/mol. The molecule has 0 aromatic carbocycles. The topological polar surface area (TPSA) is 26.0 Å². The minimum Gasteiger partial charge on any atom is -0.330 e. The second kappa shape index (κ2) is 1.66. The Kier molecular flexibility index (Phi) is 1.15. The maximum absolute atomic E-state index is 5.35. The van der Waals surface area contributed by atoms with Gasteiger partial charge in [-0.05, 0) is 24.8 Å². The largest absolute Gasteiger partial charge is 0.330 e. The van der Waals surface area contributed by atoms with E-state index in [0.717, 1.165) is 18.4 Å². The molecule has 0 radical (unpaired) electrons. The molecule has 0 aromatic rings. The highest BCUT2D eigenvalue weighted by molar-refractivity contribution is 4.97. The Bertz CT molecular complexity index is 78.2. The summed E-state index contributed by atoms with van der Waals surface area (Å²) in [7, 11) is 0. The molecular weight excluding hydrogens is 86.1 g/mol. The molecule has 40 valence electrons. The first-order valence-corrected chi connectivity index (χ1v) is 2.71. The number of allylic oxidation sites excluding steroid dienone is 1. The van der Waals surface area contributed by atoms with E-state index in [9.17, 15) is 0 Å². The van der Waals surface area contributed by atoms with Crippen LogP contribution in [-0.2, 0) is 0 Å². The monoisotopic (exact) mass is 97.1 g/mol. The molecule has 7 heavy (non-hydrogen) atoms. The van der Waals surface area contributed by atoms with Crippen LogP contribution < -0.4 is 5.73 Å². The van der Waals surface area contributed by atoms with E-state index >= 15 is 0 Å². The molecule has 1 rings (SSSR count). The molecular formula is C6H11N. The van der Waals surface area contributed by atoms with Crippen LogP contribution in [0.4, 0.5) is 0 Å². The third-order valence-corrected chi connectivity index (χ3v) is 1.58. The van der Waals surface area contributed by atoms with Crippen molar-refractivity contribution in [2.75, 3.05) is 6.54 Å². The molecule has 0 saturated heterocycles. The molecule has 0 amide bonds. The van der Waals surface area contributed by atoms with Crippen LogP contribution in [0.1, 0.15) is 6.42 Å². The second-order valence-corrected chi connectivity index (χ2v) is 2.13. The smallest absolute Gasteiger partial charge is 0.00430 e. The van der Waals surface area contributed by atoms with Gasteiger partial charge in [0.15, 0.2) is 0 Å². The summed E-state index contributed by atoms with van der Waals surface area (Å²) < 4.78 is 0. The van der Waals surface area contributed by atoms with Gasteiger partial charge in [0.05, 0.1) is 0 Å². The molecule has 1 aliphatic rings. The number of nitrogens with two attached hydrogens (primary N) is 1. The Morgan fingerprint density at radius 2 is 2.57 bits per heavy atom. The van der Waals surface area contributed by atoms with E-state index in [-0.39, 0.29) is 0 Å². The third kappa shape index (κ3) is 0.829. The molecule has 0 bridgehead atoms. The SMILES string of the molecule is C=CC1CC1CN. The van der Waals surface area contributed by atoms with E-state index in [0.29, 0.717) is 0 Å². The molecule has 1 saturated carbocycles.